The van der Waals surface area contributed by atoms with E-state index in [0.29, 0.717) is 5.57 Å². The van der Waals surface area contributed by atoms with Crippen LogP contribution in [0.2, 0.25) is 0 Å². The molecular weight excluding hydrogens is 260 g/mol. The minimum atomic E-state index is -1.36. The van der Waals surface area contributed by atoms with Crippen molar-refractivity contribution in [3.63, 3.8) is 0 Å². The molecule has 0 aliphatic heterocycles. The van der Waals surface area contributed by atoms with Crippen LogP contribution in [0, 0.1) is 23.7 Å². The summed E-state index contributed by atoms with van der Waals surface area (Å²) in [5, 5.41) is 0. The number of carbonyl (C=O) groups excluding carboxylic acids is 2. The van der Waals surface area contributed by atoms with E-state index < -0.39 is 17.7 Å². The van der Waals surface area contributed by atoms with Gasteiger partial charge in [0.2, 0.25) is 5.79 Å². The number of rotatable bonds is 3. The third kappa shape index (κ3) is 1.45. The first-order valence-corrected chi connectivity index (χ1v) is 6.72. The van der Waals surface area contributed by atoms with Gasteiger partial charge in [-0.1, -0.05) is 18.2 Å². The van der Waals surface area contributed by atoms with Crippen LogP contribution >= 0.6 is 0 Å². The number of hydrogen-bond donors (Lipinski definition) is 0. The Labute approximate surface area is 117 Å². The first-order valence-electron chi connectivity index (χ1n) is 6.72. The summed E-state index contributed by atoms with van der Waals surface area (Å²) in [4.78, 5) is 24.7. The molecule has 4 aliphatic rings. The van der Waals surface area contributed by atoms with Crippen LogP contribution in [0.25, 0.3) is 0 Å². The zero-order valence-electron chi connectivity index (χ0n) is 11.8. The van der Waals surface area contributed by atoms with Gasteiger partial charge in [-0.05, 0) is 18.3 Å². The first-order chi connectivity index (χ1) is 9.60. The van der Waals surface area contributed by atoms with Crippen molar-refractivity contribution in [1.82, 2.24) is 0 Å². The average molecular weight is 278 g/mol. The molecule has 2 unspecified atom stereocenters. The van der Waals surface area contributed by atoms with E-state index in [1.54, 1.807) is 6.08 Å². The van der Waals surface area contributed by atoms with Gasteiger partial charge < -0.3 is 14.2 Å². The standard InChI is InChI=1S/C15H18O5/c1-18-14(17)11-7-10-8-5-4-6-9(8)12(11)15(19-2,20-3)13(10)16/h4-5,7-10,12H,6H2,1-3H3/t8?,9?,10-,12-/m1/s1. The van der Waals surface area contributed by atoms with Crippen molar-refractivity contribution in [2.75, 3.05) is 21.3 Å². The number of allylic oxidation sites excluding steroid dienone is 3. The second-order valence-electron chi connectivity index (χ2n) is 5.46. The van der Waals surface area contributed by atoms with Gasteiger partial charge >= 0.3 is 5.97 Å². The zero-order valence-corrected chi connectivity index (χ0v) is 11.8. The van der Waals surface area contributed by atoms with Crippen molar-refractivity contribution in [2.24, 2.45) is 23.7 Å². The highest BCUT2D eigenvalue weighted by atomic mass is 16.7. The molecule has 4 atom stereocenters. The summed E-state index contributed by atoms with van der Waals surface area (Å²) in [5.74, 6) is -2.38. The molecule has 5 nitrogen and oxygen atoms in total. The van der Waals surface area contributed by atoms with Crippen molar-refractivity contribution < 1.29 is 23.8 Å². The number of methoxy groups -OCH3 is 3. The summed E-state index contributed by atoms with van der Waals surface area (Å²) in [6.45, 7) is 0. The van der Waals surface area contributed by atoms with Crippen LogP contribution in [-0.2, 0) is 23.8 Å². The molecule has 0 amide bonds. The molecule has 1 saturated carbocycles. The van der Waals surface area contributed by atoms with E-state index in [4.69, 9.17) is 14.2 Å². The normalized spacial score (nSPS) is 36.8. The van der Waals surface area contributed by atoms with E-state index >= 15 is 0 Å². The molecule has 0 aromatic heterocycles. The first kappa shape index (κ1) is 13.5. The Morgan fingerprint density at radius 1 is 1.30 bits per heavy atom. The lowest BCUT2D eigenvalue weighted by Gasteiger charge is -2.52. The summed E-state index contributed by atoms with van der Waals surface area (Å²) >= 11 is 0. The number of hydrogen-bond acceptors (Lipinski definition) is 5. The highest BCUT2D eigenvalue weighted by Crippen LogP contribution is 2.56. The second kappa shape index (κ2) is 4.53. The van der Waals surface area contributed by atoms with Crippen LogP contribution in [0.4, 0.5) is 0 Å². The molecule has 20 heavy (non-hydrogen) atoms. The number of ether oxygens (including phenoxy) is 3. The molecule has 0 radical (unpaired) electrons. The predicted molar refractivity (Wildman–Crippen MR) is 69.6 cm³/mol. The van der Waals surface area contributed by atoms with E-state index in [2.05, 4.69) is 12.2 Å². The lowest BCUT2D eigenvalue weighted by atomic mass is 9.56. The summed E-state index contributed by atoms with van der Waals surface area (Å²) in [5.41, 5.74) is 0.505. The molecule has 4 aliphatic carbocycles. The highest BCUT2D eigenvalue weighted by molar-refractivity contribution is 6.00. The van der Waals surface area contributed by atoms with E-state index in [1.807, 2.05) is 0 Å². The lowest BCUT2D eigenvalue weighted by molar-refractivity contribution is -0.249. The molecule has 0 spiro atoms. The molecule has 1 fully saturated rings. The summed E-state index contributed by atoms with van der Waals surface area (Å²) in [7, 11) is 4.25. The Bertz CT molecular complexity index is 514. The average Bonchev–Trinajstić information content (AvgIpc) is 2.97. The fraction of sp³-hybridized carbons (Fsp3) is 0.600. The second-order valence-corrected chi connectivity index (χ2v) is 5.46. The van der Waals surface area contributed by atoms with Gasteiger partial charge in [-0.15, -0.1) is 0 Å². The van der Waals surface area contributed by atoms with Crippen molar-refractivity contribution in [1.29, 1.82) is 0 Å². The quantitative estimate of drug-likeness (QED) is 0.439. The topological polar surface area (TPSA) is 61.8 Å². The maximum atomic E-state index is 12.7. The smallest absolute Gasteiger partial charge is 0.333 e. The fourth-order valence-electron chi connectivity index (χ4n) is 4.05. The van der Waals surface area contributed by atoms with Gasteiger partial charge in [0.05, 0.1) is 13.0 Å². The van der Waals surface area contributed by atoms with E-state index in [-0.39, 0.29) is 23.5 Å². The largest absolute Gasteiger partial charge is 0.466 e. The predicted octanol–water partition coefficient (Wildman–Crippen LogP) is 1.10. The zero-order chi connectivity index (χ0) is 14.5. The number of esters is 1. The molecule has 0 heterocycles. The van der Waals surface area contributed by atoms with E-state index in [0.717, 1.165) is 6.42 Å². The number of Topliss-reactive ketones (excluding diaryl/α,β-unsaturated/α-hetero) is 1. The Morgan fingerprint density at radius 3 is 2.60 bits per heavy atom. The van der Waals surface area contributed by atoms with Crippen LogP contribution in [0.15, 0.2) is 23.8 Å². The Hall–Kier alpha value is -1.46. The number of fused-ring (bicyclic) bond motifs is 1. The van der Waals surface area contributed by atoms with Gasteiger partial charge in [-0.2, -0.15) is 0 Å². The van der Waals surface area contributed by atoms with Gasteiger partial charge in [0.15, 0.2) is 5.78 Å². The molecule has 108 valence electrons. The van der Waals surface area contributed by atoms with Crippen LogP contribution in [0.1, 0.15) is 6.42 Å². The third-order valence-corrected chi connectivity index (χ3v) is 4.88. The van der Waals surface area contributed by atoms with Crippen LogP contribution in [-0.4, -0.2) is 38.9 Å². The maximum absolute atomic E-state index is 12.7. The van der Waals surface area contributed by atoms with Gasteiger partial charge in [0, 0.05) is 25.7 Å². The van der Waals surface area contributed by atoms with Crippen molar-refractivity contribution >= 4 is 11.8 Å². The maximum Gasteiger partial charge on any atom is 0.333 e. The molecule has 0 aromatic rings. The van der Waals surface area contributed by atoms with Crippen molar-refractivity contribution in [3.8, 4) is 0 Å². The minimum Gasteiger partial charge on any atom is -0.466 e. The summed E-state index contributed by atoms with van der Waals surface area (Å²) in [6.07, 6.45) is 6.70. The monoisotopic (exact) mass is 278 g/mol. The molecule has 2 bridgehead atoms. The minimum absolute atomic E-state index is 0.104. The molecule has 5 heteroatoms. The van der Waals surface area contributed by atoms with Gasteiger partial charge in [0.1, 0.15) is 0 Å². The summed E-state index contributed by atoms with van der Waals surface area (Å²) in [6, 6.07) is 0. The van der Waals surface area contributed by atoms with E-state index in [1.165, 1.54) is 21.3 Å². The Kier molecular flexibility index (Phi) is 3.06. The molecule has 0 aromatic carbocycles. The fourth-order valence-corrected chi connectivity index (χ4v) is 4.05. The SMILES string of the molecule is COC(=O)C1=C[C@H]2C(=O)C(OC)(OC)[C@@H]1C1CC=CC12. The van der Waals surface area contributed by atoms with Crippen LogP contribution in [0.5, 0.6) is 0 Å². The number of carbonyl (C=O) groups is 2. The van der Waals surface area contributed by atoms with Gasteiger partial charge in [0.25, 0.3) is 0 Å². The van der Waals surface area contributed by atoms with Crippen molar-refractivity contribution in [3.05, 3.63) is 23.8 Å². The number of ketones is 1. The van der Waals surface area contributed by atoms with Gasteiger partial charge in [-0.3, -0.25) is 4.79 Å². The lowest BCUT2D eigenvalue weighted by Crippen LogP contribution is -2.64. The van der Waals surface area contributed by atoms with E-state index in [9.17, 15) is 9.59 Å². The van der Waals surface area contributed by atoms with Gasteiger partial charge in [-0.25, -0.2) is 4.79 Å². The molecule has 0 N–H and O–H groups in total. The van der Waals surface area contributed by atoms with Crippen molar-refractivity contribution in [2.45, 2.75) is 12.2 Å². The van der Waals surface area contributed by atoms with Crippen LogP contribution < -0.4 is 0 Å². The highest BCUT2D eigenvalue weighted by Gasteiger charge is 2.65. The molecule has 4 rings (SSSR count). The molecule has 0 saturated heterocycles. The third-order valence-electron chi connectivity index (χ3n) is 4.88. The Morgan fingerprint density at radius 2 is 2.00 bits per heavy atom. The van der Waals surface area contributed by atoms with Crippen LogP contribution in [0.3, 0.4) is 0 Å². The molecular formula is C15H18O5. The Balaban J connectivity index is 2.14. The summed E-state index contributed by atoms with van der Waals surface area (Å²) < 4.78 is 15.8.